The molecule has 0 spiro atoms. The summed E-state index contributed by atoms with van der Waals surface area (Å²) in [6, 6.07) is 7.58. The predicted molar refractivity (Wildman–Crippen MR) is 89.1 cm³/mol. The zero-order chi connectivity index (χ0) is 15.3. The Morgan fingerprint density at radius 1 is 1.38 bits per heavy atom. The van der Waals surface area contributed by atoms with Crippen molar-refractivity contribution in [2.75, 3.05) is 13.7 Å². The molecule has 1 aromatic rings. The van der Waals surface area contributed by atoms with E-state index in [0.29, 0.717) is 6.54 Å². The van der Waals surface area contributed by atoms with Crippen molar-refractivity contribution in [3.8, 4) is 5.75 Å². The number of halogens is 1. The number of hydrogen-bond donors (Lipinski definition) is 2. The van der Waals surface area contributed by atoms with Crippen LogP contribution in [0.4, 0.5) is 0 Å². The number of nitrogens with one attached hydrogen (secondary N) is 1. The molecule has 1 aromatic carbocycles. The molecule has 0 aromatic heterocycles. The van der Waals surface area contributed by atoms with Gasteiger partial charge < -0.3 is 15.8 Å². The Labute approximate surface area is 133 Å². The van der Waals surface area contributed by atoms with Crippen LogP contribution < -0.4 is 15.8 Å². The lowest BCUT2D eigenvalue weighted by atomic mass is 9.87. The normalized spacial score (nSPS) is 14.8. The van der Waals surface area contributed by atoms with Crippen molar-refractivity contribution in [3.05, 3.63) is 29.8 Å². The minimum absolute atomic E-state index is 0. The second kappa shape index (κ2) is 8.25. The summed E-state index contributed by atoms with van der Waals surface area (Å²) in [5.41, 5.74) is 6.36. The Morgan fingerprint density at radius 3 is 2.48 bits per heavy atom. The summed E-state index contributed by atoms with van der Waals surface area (Å²) in [5.74, 6) is 0.774. The van der Waals surface area contributed by atoms with E-state index in [-0.39, 0.29) is 35.7 Å². The van der Waals surface area contributed by atoms with E-state index in [1.165, 1.54) is 0 Å². The van der Waals surface area contributed by atoms with Crippen LogP contribution in [-0.4, -0.2) is 25.1 Å². The van der Waals surface area contributed by atoms with Gasteiger partial charge in [0, 0.05) is 6.54 Å². The molecule has 0 heterocycles. The quantitative estimate of drug-likeness (QED) is 0.848. The smallest absolute Gasteiger partial charge is 0.227 e. The zero-order valence-electron chi connectivity index (χ0n) is 13.5. The molecule has 1 rings (SSSR count). The maximum Gasteiger partial charge on any atom is 0.227 e. The van der Waals surface area contributed by atoms with Crippen LogP contribution in [0.25, 0.3) is 0 Å². The Morgan fingerprint density at radius 2 is 2.00 bits per heavy atom. The standard InChI is InChI=1S/C16H26N2O2.ClH/c1-11(2)16(4,10-17)18-15(19)12(3)13-7-6-8-14(9-13)20-5;/h6-9,11-12H,10,17H2,1-5H3,(H,18,19);1H. The number of ether oxygens (including phenoxy) is 1. The second-order valence-corrected chi connectivity index (χ2v) is 5.76. The van der Waals surface area contributed by atoms with Crippen LogP contribution in [0.3, 0.4) is 0 Å². The number of carbonyl (C=O) groups excluding carboxylic acids is 1. The molecule has 2 atom stereocenters. The maximum absolute atomic E-state index is 12.4. The Hall–Kier alpha value is -1.26. The Bertz CT molecular complexity index is 465. The highest BCUT2D eigenvalue weighted by molar-refractivity contribution is 5.85. The summed E-state index contributed by atoms with van der Waals surface area (Å²) < 4.78 is 5.19. The summed E-state index contributed by atoms with van der Waals surface area (Å²) in [5, 5.41) is 3.07. The fourth-order valence-electron chi connectivity index (χ4n) is 1.88. The van der Waals surface area contributed by atoms with Crippen molar-refractivity contribution < 1.29 is 9.53 Å². The van der Waals surface area contributed by atoms with Crippen molar-refractivity contribution in [3.63, 3.8) is 0 Å². The average molecular weight is 315 g/mol. The molecule has 0 radical (unpaired) electrons. The van der Waals surface area contributed by atoms with Crippen LogP contribution in [0.15, 0.2) is 24.3 Å². The van der Waals surface area contributed by atoms with Gasteiger partial charge in [0.1, 0.15) is 5.75 Å². The second-order valence-electron chi connectivity index (χ2n) is 5.76. The topological polar surface area (TPSA) is 64.3 Å². The van der Waals surface area contributed by atoms with Crippen LogP contribution in [0, 0.1) is 5.92 Å². The molecule has 0 aliphatic carbocycles. The summed E-state index contributed by atoms with van der Waals surface area (Å²) in [6.07, 6.45) is 0. The van der Waals surface area contributed by atoms with Gasteiger partial charge in [0.2, 0.25) is 5.91 Å². The van der Waals surface area contributed by atoms with Gasteiger partial charge in [0.25, 0.3) is 0 Å². The molecule has 5 heteroatoms. The first-order valence-electron chi connectivity index (χ1n) is 7.00. The lowest BCUT2D eigenvalue weighted by Crippen LogP contribution is -2.55. The zero-order valence-corrected chi connectivity index (χ0v) is 14.3. The first-order chi connectivity index (χ1) is 9.34. The van der Waals surface area contributed by atoms with E-state index in [1.807, 2.05) is 38.1 Å². The molecule has 0 saturated heterocycles. The summed E-state index contributed by atoms with van der Waals surface area (Å²) in [4.78, 5) is 12.4. The van der Waals surface area contributed by atoms with Crippen LogP contribution in [0.5, 0.6) is 5.75 Å². The van der Waals surface area contributed by atoms with Gasteiger partial charge in [-0.05, 0) is 37.5 Å². The van der Waals surface area contributed by atoms with Gasteiger partial charge in [-0.3, -0.25) is 4.79 Å². The molecule has 120 valence electrons. The van der Waals surface area contributed by atoms with Gasteiger partial charge in [-0.1, -0.05) is 26.0 Å². The van der Waals surface area contributed by atoms with Crippen molar-refractivity contribution in [1.82, 2.24) is 5.32 Å². The third-order valence-corrected chi connectivity index (χ3v) is 4.09. The third kappa shape index (κ3) is 4.90. The molecule has 21 heavy (non-hydrogen) atoms. The van der Waals surface area contributed by atoms with Gasteiger partial charge in [-0.25, -0.2) is 0 Å². The molecule has 0 fully saturated rings. The van der Waals surface area contributed by atoms with E-state index < -0.39 is 0 Å². The third-order valence-electron chi connectivity index (χ3n) is 4.09. The highest BCUT2D eigenvalue weighted by Gasteiger charge is 2.30. The van der Waals surface area contributed by atoms with Crippen molar-refractivity contribution >= 4 is 18.3 Å². The van der Waals surface area contributed by atoms with E-state index >= 15 is 0 Å². The SMILES string of the molecule is COc1cccc(C(C)C(=O)NC(C)(CN)C(C)C)c1.Cl. The van der Waals surface area contributed by atoms with Crippen LogP contribution in [0.1, 0.15) is 39.2 Å². The number of nitrogens with two attached hydrogens (primary N) is 1. The minimum Gasteiger partial charge on any atom is -0.497 e. The van der Waals surface area contributed by atoms with Crippen LogP contribution in [-0.2, 0) is 4.79 Å². The van der Waals surface area contributed by atoms with Crippen molar-refractivity contribution in [2.45, 2.75) is 39.2 Å². The molecular weight excluding hydrogens is 288 g/mol. The van der Waals surface area contributed by atoms with Gasteiger partial charge in [-0.2, -0.15) is 0 Å². The van der Waals surface area contributed by atoms with E-state index in [0.717, 1.165) is 11.3 Å². The highest BCUT2D eigenvalue weighted by Crippen LogP contribution is 2.23. The molecule has 0 aliphatic heterocycles. The molecular formula is C16H27ClN2O2. The molecule has 2 unspecified atom stereocenters. The van der Waals surface area contributed by atoms with E-state index in [4.69, 9.17) is 10.5 Å². The van der Waals surface area contributed by atoms with Gasteiger partial charge in [0.15, 0.2) is 0 Å². The molecule has 0 saturated carbocycles. The number of carbonyl (C=O) groups is 1. The Balaban J connectivity index is 0.00000400. The summed E-state index contributed by atoms with van der Waals surface area (Å²) >= 11 is 0. The van der Waals surface area contributed by atoms with Crippen molar-refractivity contribution in [2.24, 2.45) is 11.7 Å². The number of amides is 1. The molecule has 1 amide bonds. The lowest BCUT2D eigenvalue weighted by molar-refractivity contribution is -0.124. The number of methoxy groups -OCH3 is 1. The molecule has 4 nitrogen and oxygen atoms in total. The molecule has 3 N–H and O–H groups in total. The predicted octanol–water partition coefficient (Wildman–Crippen LogP) is 2.71. The maximum atomic E-state index is 12.4. The van der Waals surface area contributed by atoms with Crippen molar-refractivity contribution in [1.29, 1.82) is 0 Å². The summed E-state index contributed by atoms with van der Waals surface area (Å²) in [7, 11) is 1.62. The van der Waals surface area contributed by atoms with Crippen LogP contribution >= 0.6 is 12.4 Å². The van der Waals surface area contributed by atoms with Crippen LogP contribution in [0.2, 0.25) is 0 Å². The fraction of sp³-hybridized carbons (Fsp3) is 0.562. The van der Waals surface area contributed by atoms with Gasteiger partial charge in [0.05, 0.1) is 18.6 Å². The monoisotopic (exact) mass is 314 g/mol. The largest absolute Gasteiger partial charge is 0.497 e. The van der Waals surface area contributed by atoms with Gasteiger partial charge in [-0.15, -0.1) is 12.4 Å². The van der Waals surface area contributed by atoms with E-state index in [2.05, 4.69) is 19.2 Å². The Kier molecular flexibility index (Phi) is 7.75. The van der Waals surface area contributed by atoms with E-state index in [9.17, 15) is 4.79 Å². The van der Waals surface area contributed by atoms with E-state index in [1.54, 1.807) is 7.11 Å². The fourth-order valence-corrected chi connectivity index (χ4v) is 1.88. The number of hydrogen-bond acceptors (Lipinski definition) is 3. The molecule has 0 aliphatic rings. The first-order valence-corrected chi connectivity index (χ1v) is 7.00. The first kappa shape index (κ1) is 19.7. The van der Waals surface area contributed by atoms with Gasteiger partial charge >= 0.3 is 0 Å². The molecule has 0 bridgehead atoms. The summed E-state index contributed by atoms with van der Waals surface area (Å²) in [6.45, 7) is 8.41. The average Bonchev–Trinajstić information content (AvgIpc) is 2.45. The minimum atomic E-state index is -0.385. The number of rotatable bonds is 6. The lowest BCUT2D eigenvalue weighted by Gasteiger charge is -2.34. The highest BCUT2D eigenvalue weighted by atomic mass is 35.5. The number of benzene rings is 1.